The summed E-state index contributed by atoms with van der Waals surface area (Å²) in [4.78, 5) is 33.6. The number of carbonyl (C=O) groups is 3. The number of Topliss-reactive ketones (excluding diaryl/α,β-unsaturated/α-hetero) is 1. The number of hydrogen-bond acceptors (Lipinski definition) is 4. The van der Waals surface area contributed by atoms with Crippen molar-refractivity contribution in [3.8, 4) is 0 Å². The van der Waals surface area contributed by atoms with Gasteiger partial charge in [0.2, 0.25) is 11.8 Å². The molecule has 0 aliphatic heterocycles. The van der Waals surface area contributed by atoms with E-state index in [9.17, 15) is 14.4 Å². The average molecular weight is 272 g/mol. The molecular formula is C12H20N2O3S. The molecule has 6 heteroatoms. The first kappa shape index (κ1) is 16.7. The molecule has 0 saturated carbocycles. The molecule has 0 fully saturated rings. The fraction of sp³-hybridized carbons (Fsp3) is 0.583. The highest BCUT2D eigenvalue weighted by atomic mass is 32.1. The first-order chi connectivity index (χ1) is 8.47. The number of carbonyl (C=O) groups excluding carboxylic acids is 3. The van der Waals surface area contributed by atoms with E-state index in [0.717, 1.165) is 0 Å². The third-order valence-corrected chi connectivity index (χ3v) is 2.39. The fourth-order valence-electron chi connectivity index (χ4n) is 1.12. The van der Waals surface area contributed by atoms with Crippen molar-refractivity contribution in [1.29, 1.82) is 0 Å². The van der Waals surface area contributed by atoms with E-state index in [0.29, 0.717) is 30.8 Å². The van der Waals surface area contributed by atoms with Gasteiger partial charge in [0.1, 0.15) is 0 Å². The van der Waals surface area contributed by atoms with E-state index in [-0.39, 0.29) is 30.4 Å². The van der Waals surface area contributed by atoms with E-state index in [2.05, 4.69) is 29.8 Å². The Morgan fingerprint density at radius 2 is 1.50 bits per heavy atom. The van der Waals surface area contributed by atoms with Gasteiger partial charge in [0.15, 0.2) is 5.78 Å². The lowest BCUT2D eigenvalue weighted by molar-refractivity contribution is -0.122. The summed E-state index contributed by atoms with van der Waals surface area (Å²) in [5, 5.41) is 5.21. The zero-order chi connectivity index (χ0) is 14.0. The number of ketones is 1. The molecule has 0 radical (unpaired) electrons. The van der Waals surface area contributed by atoms with Gasteiger partial charge in [0.25, 0.3) is 0 Å². The number of rotatable bonds is 9. The molecule has 0 rings (SSSR count). The van der Waals surface area contributed by atoms with Crippen molar-refractivity contribution in [2.45, 2.75) is 26.2 Å². The van der Waals surface area contributed by atoms with Crippen LogP contribution in [0.2, 0.25) is 0 Å². The molecule has 0 heterocycles. The lowest BCUT2D eigenvalue weighted by Crippen LogP contribution is -2.31. The first-order valence-electron chi connectivity index (χ1n) is 5.80. The van der Waals surface area contributed by atoms with Crippen LogP contribution in [-0.4, -0.2) is 36.4 Å². The molecule has 5 nitrogen and oxygen atoms in total. The minimum absolute atomic E-state index is 0.0580. The van der Waals surface area contributed by atoms with E-state index in [1.165, 1.54) is 0 Å². The minimum atomic E-state index is -0.185. The van der Waals surface area contributed by atoms with Crippen LogP contribution in [0.3, 0.4) is 0 Å². The SMILES string of the molecule is C=C(C)C(=O)CCNC(=O)CCNC(=O)CCS. The predicted octanol–water partition coefficient (Wildman–Crippen LogP) is 0.464. The molecule has 102 valence electrons. The number of hydrogen-bond donors (Lipinski definition) is 3. The Hall–Kier alpha value is -1.30. The quantitative estimate of drug-likeness (QED) is 0.422. The van der Waals surface area contributed by atoms with Gasteiger partial charge in [0, 0.05) is 32.4 Å². The monoisotopic (exact) mass is 272 g/mol. The molecule has 2 N–H and O–H groups in total. The normalized spacial score (nSPS) is 9.67. The van der Waals surface area contributed by atoms with Crippen LogP contribution in [0.25, 0.3) is 0 Å². The van der Waals surface area contributed by atoms with Crippen molar-refractivity contribution in [3.63, 3.8) is 0 Å². The zero-order valence-corrected chi connectivity index (χ0v) is 11.5. The van der Waals surface area contributed by atoms with Gasteiger partial charge in [-0.2, -0.15) is 12.6 Å². The van der Waals surface area contributed by atoms with Gasteiger partial charge in [0.05, 0.1) is 0 Å². The molecule has 0 atom stereocenters. The maximum atomic E-state index is 11.3. The highest BCUT2D eigenvalue weighted by Gasteiger charge is 2.05. The van der Waals surface area contributed by atoms with Crippen LogP contribution in [-0.2, 0) is 14.4 Å². The Balaban J connectivity index is 3.57. The molecule has 0 aromatic heterocycles. The minimum Gasteiger partial charge on any atom is -0.356 e. The maximum Gasteiger partial charge on any atom is 0.221 e. The van der Waals surface area contributed by atoms with Crippen molar-refractivity contribution < 1.29 is 14.4 Å². The molecule has 0 unspecified atom stereocenters. The third kappa shape index (κ3) is 8.81. The van der Waals surface area contributed by atoms with Gasteiger partial charge in [-0.1, -0.05) is 6.58 Å². The largest absolute Gasteiger partial charge is 0.356 e. The van der Waals surface area contributed by atoms with Crippen molar-refractivity contribution in [2.24, 2.45) is 0 Å². The third-order valence-electron chi connectivity index (χ3n) is 2.16. The number of thiol groups is 1. The smallest absolute Gasteiger partial charge is 0.221 e. The summed E-state index contributed by atoms with van der Waals surface area (Å²) in [5.74, 6) is 0.129. The summed E-state index contributed by atoms with van der Waals surface area (Å²) >= 11 is 3.93. The molecule has 18 heavy (non-hydrogen) atoms. The van der Waals surface area contributed by atoms with Crippen LogP contribution < -0.4 is 10.6 Å². The van der Waals surface area contributed by atoms with Crippen molar-refractivity contribution in [2.75, 3.05) is 18.8 Å². The Bertz CT molecular complexity index is 329. The number of allylic oxidation sites excluding steroid dienone is 1. The lowest BCUT2D eigenvalue weighted by Gasteiger charge is -2.06. The van der Waals surface area contributed by atoms with Gasteiger partial charge < -0.3 is 10.6 Å². The maximum absolute atomic E-state index is 11.3. The van der Waals surface area contributed by atoms with Crippen molar-refractivity contribution >= 4 is 30.2 Å². The predicted molar refractivity (Wildman–Crippen MR) is 73.5 cm³/mol. The summed E-state index contributed by atoms with van der Waals surface area (Å²) in [5.41, 5.74) is 0.489. The van der Waals surface area contributed by atoms with Crippen LogP contribution in [0.4, 0.5) is 0 Å². The summed E-state index contributed by atoms with van der Waals surface area (Å²) in [6, 6.07) is 0. The Morgan fingerprint density at radius 1 is 1.00 bits per heavy atom. The van der Waals surface area contributed by atoms with Gasteiger partial charge in [-0.05, 0) is 18.2 Å². The second-order valence-electron chi connectivity index (χ2n) is 3.88. The molecule has 0 aromatic rings. The van der Waals surface area contributed by atoms with E-state index in [4.69, 9.17) is 0 Å². The molecule has 0 saturated heterocycles. The number of amides is 2. The molecule has 0 aromatic carbocycles. The highest BCUT2D eigenvalue weighted by molar-refractivity contribution is 7.80. The van der Waals surface area contributed by atoms with E-state index in [1.54, 1.807) is 6.92 Å². The first-order valence-corrected chi connectivity index (χ1v) is 6.43. The summed E-state index contributed by atoms with van der Waals surface area (Å²) in [7, 11) is 0. The van der Waals surface area contributed by atoms with Gasteiger partial charge in [-0.25, -0.2) is 0 Å². The van der Waals surface area contributed by atoms with E-state index >= 15 is 0 Å². The van der Waals surface area contributed by atoms with Crippen LogP contribution in [0.5, 0.6) is 0 Å². The molecule has 0 bridgehead atoms. The summed E-state index contributed by atoms with van der Waals surface area (Å²) < 4.78 is 0. The molecular weight excluding hydrogens is 252 g/mol. The number of nitrogens with one attached hydrogen (secondary N) is 2. The van der Waals surface area contributed by atoms with Crippen LogP contribution in [0, 0.1) is 0 Å². The van der Waals surface area contributed by atoms with Crippen LogP contribution >= 0.6 is 12.6 Å². The average Bonchev–Trinajstić information content (AvgIpc) is 2.29. The van der Waals surface area contributed by atoms with Crippen LogP contribution in [0.15, 0.2) is 12.2 Å². The summed E-state index contributed by atoms with van der Waals surface area (Å²) in [6.07, 6.45) is 0.810. The molecule has 0 aliphatic rings. The fourth-order valence-corrected chi connectivity index (χ4v) is 1.33. The zero-order valence-electron chi connectivity index (χ0n) is 10.6. The van der Waals surface area contributed by atoms with Gasteiger partial charge >= 0.3 is 0 Å². The van der Waals surface area contributed by atoms with Gasteiger partial charge in [-0.3, -0.25) is 14.4 Å². The Morgan fingerprint density at radius 3 is 2.00 bits per heavy atom. The van der Waals surface area contributed by atoms with E-state index < -0.39 is 0 Å². The topological polar surface area (TPSA) is 75.3 Å². The molecule has 0 aliphatic carbocycles. The Kier molecular flexibility index (Phi) is 9.00. The summed E-state index contributed by atoms with van der Waals surface area (Å²) in [6.45, 7) is 5.76. The standard InChI is InChI=1S/C12H20N2O3S/c1-9(2)10(15)3-6-13-11(16)4-7-14-12(17)5-8-18/h18H,1,3-8H2,2H3,(H,13,16)(H,14,17). The molecule has 2 amide bonds. The van der Waals surface area contributed by atoms with Crippen LogP contribution in [0.1, 0.15) is 26.2 Å². The second-order valence-corrected chi connectivity index (χ2v) is 4.32. The van der Waals surface area contributed by atoms with Crippen molar-refractivity contribution in [1.82, 2.24) is 10.6 Å². The highest BCUT2D eigenvalue weighted by Crippen LogP contribution is 1.93. The molecule has 0 spiro atoms. The van der Waals surface area contributed by atoms with Gasteiger partial charge in [-0.15, -0.1) is 0 Å². The second kappa shape index (κ2) is 9.70. The Labute approximate surface area is 113 Å². The lowest BCUT2D eigenvalue weighted by atomic mass is 10.1. The van der Waals surface area contributed by atoms with Crippen molar-refractivity contribution in [3.05, 3.63) is 12.2 Å². The van der Waals surface area contributed by atoms with E-state index in [1.807, 2.05) is 0 Å².